The summed E-state index contributed by atoms with van der Waals surface area (Å²) < 4.78 is 31.3. The third-order valence-corrected chi connectivity index (χ3v) is 4.32. The largest absolute Gasteiger partial charge is 0.493 e. The maximum Gasteiger partial charge on any atom is 0.363 e. The van der Waals surface area contributed by atoms with Crippen LogP contribution in [0.15, 0.2) is 41.0 Å². The summed E-state index contributed by atoms with van der Waals surface area (Å²) in [6.45, 7) is 2.40. The Morgan fingerprint density at radius 2 is 1.48 bits per heavy atom. The van der Waals surface area contributed by atoms with E-state index in [0.29, 0.717) is 22.6 Å². The van der Waals surface area contributed by atoms with Crippen LogP contribution in [0.25, 0.3) is 6.08 Å². The summed E-state index contributed by atoms with van der Waals surface area (Å²) in [5.41, 5.74) is 0.895. The number of esters is 3. The smallest absolute Gasteiger partial charge is 0.363 e. The number of methoxy groups -OCH3 is 3. The molecule has 0 spiro atoms. The van der Waals surface area contributed by atoms with E-state index in [2.05, 4.69) is 4.99 Å². The van der Waals surface area contributed by atoms with Crippen molar-refractivity contribution in [1.29, 1.82) is 0 Å². The molecule has 0 saturated heterocycles. The third kappa shape index (κ3) is 5.29. The maximum atomic E-state index is 12.4. The van der Waals surface area contributed by atoms with Gasteiger partial charge in [-0.05, 0) is 42.0 Å². The van der Waals surface area contributed by atoms with Crippen LogP contribution in [0.1, 0.15) is 25.0 Å². The van der Waals surface area contributed by atoms with Crippen LogP contribution < -0.4 is 23.7 Å². The molecule has 0 bridgehead atoms. The van der Waals surface area contributed by atoms with Crippen LogP contribution in [0.3, 0.4) is 0 Å². The lowest BCUT2D eigenvalue weighted by Gasteiger charge is -2.13. The van der Waals surface area contributed by atoms with Gasteiger partial charge in [-0.15, -0.1) is 0 Å². The van der Waals surface area contributed by atoms with Gasteiger partial charge in [-0.1, -0.05) is 0 Å². The van der Waals surface area contributed by atoms with Crippen LogP contribution in [0.4, 0.5) is 0 Å². The molecule has 172 valence electrons. The van der Waals surface area contributed by atoms with Gasteiger partial charge < -0.3 is 28.4 Å². The second-order valence-corrected chi connectivity index (χ2v) is 6.64. The van der Waals surface area contributed by atoms with Crippen molar-refractivity contribution in [2.75, 3.05) is 21.3 Å². The Balaban J connectivity index is 2.03. The van der Waals surface area contributed by atoms with Crippen LogP contribution in [-0.4, -0.2) is 45.1 Å². The highest BCUT2D eigenvalue weighted by molar-refractivity contribution is 6.13. The number of rotatable bonds is 7. The molecule has 3 rings (SSSR count). The molecule has 10 nitrogen and oxygen atoms in total. The summed E-state index contributed by atoms with van der Waals surface area (Å²) in [5.74, 6) is -0.909. The lowest BCUT2D eigenvalue weighted by Crippen LogP contribution is -2.08. The lowest BCUT2D eigenvalue weighted by atomic mass is 10.1. The molecular formula is C23H21NO9. The lowest BCUT2D eigenvalue weighted by molar-refractivity contribution is -0.134. The van der Waals surface area contributed by atoms with Gasteiger partial charge >= 0.3 is 17.9 Å². The second-order valence-electron chi connectivity index (χ2n) is 6.64. The minimum Gasteiger partial charge on any atom is -0.493 e. The number of hydrogen-bond acceptors (Lipinski definition) is 10. The molecule has 0 amide bonds. The quantitative estimate of drug-likeness (QED) is 0.353. The Labute approximate surface area is 189 Å². The Bertz CT molecular complexity index is 1180. The molecule has 10 heteroatoms. The molecule has 0 saturated carbocycles. The summed E-state index contributed by atoms with van der Waals surface area (Å²) >= 11 is 0. The number of hydrogen-bond donors (Lipinski definition) is 0. The predicted molar refractivity (Wildman–Crippen MR) is 116 cm³/mol. The molecule has 0 atom stereocenters. The molecule has 2 aromatic rings. The number of benzene rings is 2. The number of nitrogens with zero attached hydrogens (tertiary/aromatic N) is 1. The average molecular weight is 455 g/mol. The minimum absolute atomic E-state index is 0.00384. The zero-order valence-electron chi connectivity index (χ0n) is 18.6. The van der Waals surface area contributed by atoms with Crippen molar-refractivity contribution in [3.05, 3.63) is 47.2 Å². The fourth-order valence-electron chi connectivity index (χ4n) is 2.97. The van der Waals surface area contributed by atoms with Crippen molar-refractivity contribution >= 4 is 29.9 Å². The molecule has 0 N–H and O–H groups in total. The van der Waals surface area contributed by atoms with Gasteiger partial charge in [0.2, 0.25) is 11.6 Å². The first kappa shape index (κ1) is 23.3. The Morgan fingerprint density at radius 1 is 0.848 bits per heavy atom. The topological polar surface area (TPSA) is 119 Å². The standard InChI is InChI=1S/C23H21NO9/c1-12(25)31-20-10-14(9-19(30-5)21(20)32-13(2)26)8-16-23(27)33-22(24-16)15-6-7-17(28-3)18(11-15)29-4/h6-11H,1-5H3/b16-8-. The van der Waals surface area contributed by atoms with Crippen molar-refractivity contribution in [1.82, 2.24) is 0 Å². The molecule has 1 aliphatic rings. The highest BCUT2D eigenvalue weighted by atomic mass is 16.6. The average Bonchev–Trinajstić information content (AvgIpc) is 3.14. The van der Waals surface area contributed by atoms with E-state index in [1.54, 1.807) is 18.2 Å². The molecule has 0 aliphatic carbocycles. The number of ether oxygens (including phenoxy) is 6. The van der Waals surface area contributed by atoms with Crippen LogP contribution >= 0.6 is 0 Å². The van der Waals surface area contributed by atoms with Gasteiger partial charge in [-0.2, -0.15) is 0 Å². The van der Waals surface area contributed by atoms with Crippen molar-refractivity contribution < 1.29 is 42.8 Å². The molecule has 0 radical (unpaired) electrons. The number of carbonyl (C=O) groups excluding carboxylic acids is 3. The van der Waals surface area contributed by atoms with Crippen LogP contribution in [-0.2, 0) is 19.1 Å². The Hall–Kier alpha value is -4.34. The van der Waals surface area contributed by atoms with Gasteiger partial charge in [0.15, 0.2) is 28.7 Å². The predicted octanol–water partition coefficient (Wildman–Crippen LogP) is 2.91. The van der Waals surface area contributed by atoms with E-state index in [1.165, 1.54) is 53.4 Å². The van der Waals surface area contributed by atoms with E-state index >= 15 is 0 Å². The highest BCUT2D eigenvalue weighted by Crippen LogP contribution is 2.40. The van der Waals surface area contributed by atoms with E-state index < -0.39 is 17.9 Å². The molecule has 33 heavy (non-hydrogen) atoms. The molecule has 0 aromatic heterocycles. The first-order valence-corrected chi connectivity index (χ1v) is 9.59. The van der Waals surface area contributed by atoms with Gasteiger partial charge in [0.05, 0.1) is 21.3 Å². The van der Waals surface area contributed by atoms with E-state index in [0.717, 1.165) is 0 Å². The number of aliphatic imine (C=N–C) groups is 1. The van der Waals surface area contributed by atoms with Crippen molar-refractivity contribution in [3.63, 3.8) is 0 Å². The van der Waals surface area contributed by atoms with Gasteiger partial charge in [-0.3, -0.25) is 9.59 Å². The van der Waals surface area contributed by atoms with Crippen molar-refractivity contribution in [2.45, 2.75) is 13.8 Å². The summed E-state index contributed by atoms with van der Waals surface area (Å²) in [6, 6.07) is 7.87. The van der Waals surface area contributed by atoms with Crippen LogP contribution in [0.2, 0.25) is 0 Å². The zero-order chi connectivity index (χ0) is 24.1. The normalized spacial score (nSPS) is 13.8. The zero-order valence-corrected chi connectivity index (χ0v) is 18.6. The monoisotopic (exact) mass is 455 g/mol. The van der Waals surface area contributed by atoms with E-state index in [1.807, 2.05) is 0 Å². The summed E-state index contributed by atoms with van der Waals surface area (Å²) in [7, 11) is 4.35. The van der Waals surface area contributed by atoms with Gasteiger partial charge in [-0.25, -0.2) is 9.79 Å². The van der Waals surface area contributed by atoms with Crippen molar-refractivity contribution in [2.24, 2.45) is 4.99 Å². The van der Waals surface area contributed by atoms with E-state index in [-0.39, 0.29) is 28.8 Å². The first-order chi connectivity index (χ1) is 15.7. The molecular weight excluding hydrogens is 434 g/mol. The minimum atomic E-state index is -0.683. The molecule has 2 aromatic carbocycles. The summed E-state index contributed by atoms with van der Waals surface area (Å²) in [5, 5.41) is 0. The van der Waals surface area contributed by atoms with E-state index in [9.17, 15) is 14.4 Å². The fraction of sp³-hybridized carbons (Fsp3) is 0.217. The molecule has 1 aliphatic heterocycles. The van der Waals surface area contributed by atoms with Gasteiger partial charge in [0.25, 0.3) is 0 Å². The first-order valence-electron chi connectivity index (χ1n) is 9.59. The molecule has 1 heterocycles. The Kier molecular flexibility index (Phi) is 6.97. The van der Waals surface area contributed by atoms with Gasteiger partial charge in [0.1, 0.15) is 0 Å². The highest BCUT2D eigenvalue weighted by Gasteiger charge is 2.26. The summed E-state index contributed by atoms with van der Waals surface area (Å²) in [4.78, 5) is 39.7. The molecule has 0 unspecified atom stereocenters. The van der Waals surface area contributed by atoms with Crippen molar-refractivity contribution in [3.8, 4) is 28.7 Å². The van der Waals surface area contributed by atoms with E-state index in [4.69, 9.17) is 28.4 Å². The molecule has 0 fully saturated rings. The third-order valence-electron chi connectivity index (χ3n) is 4.32. The second kappa shape index (κ2) is 9.86. The Morgan fingerprint density at radius 3 is 2.09 bits per heavy atom. The fourth-order valence-corrected chi connectivity index (χ4v) is 2.97. The summed E-state index contributed by atoms with van der Waals surface area (Å²) in [6.07, 6.45) is 1.42. The van der Waals surface area contributed by atoms with Crippen LogP contribution in [0.5, 0.6) is 28.7 Å². The number of carbonyl (C=O) groups is 3. The maximum absolute atomic E-state index is 12.4. The van der Waals surface area contributed by atoms with Gasteiger partial charge in [0, 0.05) is 19.4 Å². The number of cyclic esters (lactones) is 1. The van der Waals surface area contributed by atoms with Crippen LogP contribution in [0, 0.1) is 0 Å². The SMILES string of the molecule is COc1ccc(C2=N/C(=C\c3cc(OC)c(OC(C)=O)c(OC(C)=O)c3)C(=O)O2)cc1OC.